The summed E-state index contributed by atoms with van der Waals surface area (Å²) in [5.41, 5.74) is -0.715. The lowest BCUT2D eigenvalue weighted by Crippen LogP contribution is -2.49. The molecule has 0 aliphatic heterocycles. The second-order valence-electron chi connectivity index (χ2n) is 4.40. The number of rotatable bonds is 7. The van der Waals surface area contributed by atoms with Gasteiger partial charge >= 0.3 is 5.97 Å². The average Bonchev–Trinajstić information content (AvgIpc) is 2.43. The van der Waals surface area contributed by atoms with Gasteiger partial charge in [-0.3, -0.25) is 4.79 Å². The molecule has 0 saturated heterocycles. The van der Waals surface area contributed by atoms with Gasteiger partial charge in [-0.25, -0.2) is 4.79 Å². The van der Waals surface area contributed by atoms with Crippen molar-refractivity contribution in [1.29, 1.82) is 0 Å². The van der Waals surface area contributed by atoms with Crippen LogP contribution in [0.3, 0.4) is 0 Å². The van der Waals surface area contributed by atoms with E-state index in [4.69, 9.17) is 0 Å². The van der Waals surface area contributed by atoms with Crippen LogP contribution in [0.4, 0.5) is 0 Å². The summed E-state index contributed by atoms with van der Waals surface area (Å²) in [6, 6.07) is 7.28. The van der Waals surface area contributed by atoms with Gasteiger partial charge in [-0.05, 0) is 37.3 Å². The molecule has 1 N–H and O–H groups in total. The van der Waals surface area contributed by atoms with E-state index in [0.29, 0.717) is 24.9 Å². The van der Waals surface area contributed by atoms with Crippen molar-refractivity contribution in [2.45, 2.75) is 30.7 Å². The molecular formula is C14H19NO3S. The van der Waals surface area contributed by atoms with E-state index in [1.807, 2.05) is 25.3 Å². The zero-order valence-corrected chi connectivity index (χ0v) is 12.2. The zero-order valence-electron chi connectivity index (χ0n) is 11.4. The second kappa shape index (κ2) is 6.61. The Morgan fingerprint density at radius 3 is 2.37 bits per heavy atom. The van der Waals surface area contributed by atoms with Crippen molar-refractivity contribution < 1.29 is 14.7 Å². The van der Waals surface area contributed by atoms with E-state index in [-0.39, 0.29) is 0 Å². The van der Waals surface area contributed by atoms with E-state index in [1.54, 1.807) is 30.8 Å². The van der Waals surface area contributed by atoms with E-state index in [2.05, 4.69) is 0 Å². The average molecular weight is 281 g/mol. The highest BCUT2D eigenvalue weighted by Crippen LogP contribution is 2.29. The molecule has 5 heteroatoms. The highest BCUT2D eigenvalue weighted by Gasteiger charge is 2.40. The molecule has 0 saturated carbocycles. The van der Waals surface area contributed by atoms with Gasteiger partial charge in [0.1, 0.15) is 0 Å². The van der Waals surface area contributed by atoms with Crippen LogP contribution in [0.25, 0.3) is 0 Å². The maximum atomic E-state index is 11.6. The number of amides is 1. The third-order valence-electron chi connectivity index (χ3n) is 3.23. The van der Waals surface area contributed by atoms with Crippen molar-refractivity contribution in [3.63, 3.8) is 0 Å². The van der Waals surface area contributed by atoms with Crippen molar-refractivity contribution in [2.75, 3.05) is 12.8 Å². The number of carboxylic acids is 1. The molecule has 0 spiro atoms. The number of hydrogen-bond acceptors (Lipinski definition) is 3. The predicted octanol–water partition coefficient (Wildman–Crippen LogP) is 2.58. The molecule has 104 valence electrons. The summed E-state index contributed by atoms with van der Waals surface area (Å²) in [5, 5.41) is 9.53. The number of benzene rings is 1. The fraction of sp³-hybridized carbons (Fsp3) is 0.429. The monoisotopic (exact) mass is 281 g/mol. The molecule has 1 amide bonds. The van der Waals surface area contributed by atoms with Gasteiger partial charge in [0.05, 0.1) is 0 Å². The minimum absolute atomic E-state index is 0.413. The minimum Gasteiger partial charge on any atom is -0.479 e. The van der Waals surface area contributed by atoms with Gasteiger partial charge in [0.15, 0.2) is 5.54 Å². The first-order valence-corrected chi connectivity index (χ1v) is 7.33. The smallest absolute Gasteiger partial charge is 0.334 e. The quantitative estimate of drug-likeness (QED) is 0.616. The lowest BCUT2D eigenvalue weighted by molar-refractivity contribution is -0.154. The lowest BCUT2D eigenvalue weighted by atomic mass is 9.90. The van der Waals surface area contributed by atoms with Crippen LogP contribution >= 0.6 is 11.8 Å². The topological polar surface area (TPSA) is 57.6 Å². The Morgan fingerprint density at radius 1 is 1.42 bits per heavy atom. The Morgan fingerprint density at radius 2 is 2.00 bits per heavy atom. The number of carbonyl (C=O) groups excluding carboxylic acids is 1. The molecule has 0 bridgehead atoms. The van der Waals surface area contributed by atoms with Crippen LogP contribution in [-0.4, -0.2) is 35.2 Å². The highest BCUT2D eigenvalue weighted by molar-refractivity contribution is 7.98. The number of aliphatic carboxylic acids is 1. The number of nitrogens with zero attached hydrogens (tertiary/aromatic N) is 1. The van der Waals surface area contributed by atoms with Gasteiger partial charge in [-0.1, -0.05) is 19.1 Å². The predicted molar refractivity (Wildman–Crippen MR) is 76.3 cm³/mol. The summed E-state index contributed by atoms with van der Waals surface area (Å²) in [5.74, 6) is -1.02. The van der Waals surface area contributed by atoms with Crippen LogP contribution in [0, 0.1) is 0 Å². The summed E-state index contributed by atoms with van der Waals surface area (Å²) in [4.78, 5) is 25.2. The molecule has 19 heavy (non-hydrogen) atoms. The molecule has 1 rings (SSSR count). The number of carboxylic acid groups (broad SMARTS) is 1. The lowest BCUT2D eigenvalue weighted by Gasteiger charge is -2.35. The molecule has 1 aromatic rings. The minimum atomic E-state index is -1.32. The van der Waals surface area contributed by atoms with E-state index in [1.165, 1.54) is 4.90 Å². The summed E-state index contributed by atoms with van der Waals surface area (Å²) >= 11 is 1.59. The SMILES string of the molecule is CCCN(C=O)C(C)(C(=O)O)c1ccc(SC)cc1. The maximum Gasteiger partial charge on any atom is 0.334 e. The summed E-state index contributed by atoms with van der Waals surface area (Å²) in [7, 11) is 0. The molecule has 0 aliphatic rings. The van der Waals surface area contributed by atoms with Crippen molar-refractivity contribution >= 4 is 24.1 Å². The Labute approximate surface area is 117 Å². The normalized spacial score (nSPS) is 13.6. The summed E-state index contributed by atoms with van der Waals surface area (Å²) in [6.07, 6.45) is 3.28. The highest BCUT2D eigenvalue weighted by atomic mass is 32.2. The molecule has 0 aliphatic carbocycles. The number of hydrogen-bond donors (Lipinski definition) is 1. The molecule has 4 nitrogen and oxygen atoms in total. The van der Waals surface area contributed by atoms with Crippen LogP contribution in [0.2, 0.25) is 0 Å². The van der Waals surface area contributed by atoms with Crippen LogP contribution in [0.15, 0.2) is 29.2 Å². The second-order valence-corrected chi connectivity index (χ2v) is 5.28. The van der Waals surface area contributed by atoms with E-state index < -0.39 is 11.5 Å². The molecule has 1 atom stereocenters. The largest absolute Gasteiger partial charge is 0.479 e. The van der Waals surface area contributed by atoms with Crippen molar-refractivity contribution in [3.05, 3.63) is 29.8 Å². The Bertz CT molecular complexity index is 447. The molecular weight excluding hydrogens is 262 g/mol. The van der Waals surface area contributed by atoms with Crippen LogP contribution in [0.5, 0.6) is 0 Å². The fourth-order valence-corrected chi connectivity index (χ4v) is 2.36. The van der Waals surface area contributed by atoms with E-state index in [0.717, 1.165) is 4.90 Å². The maximum absolute atomic E-state index is 11.6. The first kappa shape index (κ1) is 15.6. The summed E-state index contributed by atoms with van der Waals surface area (Å²) in [6.45, 7) is 3.89. The van der Waals surface area contributed by atoms with Gasteiger partial charge in [0.25, 0.3) is 0 Å². The molecule has 0 fully saturated rings. The fourth-order valence-electron chi connectivity index (χ4n) is 1.95. The van der Waals surface area contributed by atoms with Crippen LogP contribution in [0.1, 0.15) is 25.8 Å². The van der Waals surface area contributed by atoms with Gasteiger partial charge in [-0.15, -0.1) is 11.8 Å². The number of carbonyl (C=O) groups is 2. The third kappa shape index (κ3) is 3.10. The van der Waals surface area contributed by atoms with Gasteiger partial charge in [0.2, 0.25) is 6.41 Å². The molecule has 1 aromatic carbocycles. The van der Waals surface area contributed by atoms with Crippen LogP contribution in [-0.2, 0) is 15.1 Å². The van der Waals surface area contributed by atoms with E-state index >= 15 is 0 Å². The Balaban J connectivity index is 3.23. The third-order valence-corrected chi connectivity index (χ3v) is 3.98. The molecule has 0 aromatic heterocycles. The first-order chi connectivity index (χ1) is 9.00. The molecule has 1 unspecified atom stereocenters. The van der Waals surface area contributed by atoms with Crippen molar-refractivity contribution in [1.82, 2.24) is 4.90 Å². The van der Waals surface area contributed by atoms with Gasteiger partial charge in [-0.2, -0.15) is 0 Å². The Kier molecular flexibility index (Phi) is 5.42. The van der Waals surface area contributed by atoms with Crippen molar-refractivity contribution in [2.24, 2.45) is 0 Å². The van der Waals surface area contributed by atoms with Crippen LogP contribution < -0.4 is 0 Å². The van der Waals surface area contributed by atoms with Gasteiger partial charge in [0, 0.05) is 11.4 Å². The Hall–Kier alpha value is -1.49. The first-order valence-electron chi connectivity index (χ1n) is 6.10. The zero-order chi connectivity index (χ0) is 14.5. The molecule has 0 heterocycles. The summed E-state index contributed by atoms with van der Waals surface area (Å²) < 4.78 is 0. The van der Waals surface area contributed by atoms with Gasteiger partial charge < -0.3 is 10.0 Å². The number of thioether (sulfide) groups is 1. The van der Waals surface area contributed by atoms with Crippen molar-refractivity contribution in [3.8, 4) is 0 Å². The van der Waals surface area contributed by atoms with E-state index in [9.17, 15) is 14.7 Å². The molecule has 0 radical (unpaired) electrons. The standard InChI is InChI=1S/C14H19NO3S/c1-4-9-15(10-16)14(2,13(17)18)11-5-7-12(19-3)8-6-11/h5-8,10H,4,9H2,1-3H3,(H,17,18).